The van der Waals surface area contributed by atoms with Crippen molar-refractivity contribution in [3.05, 3.63) is 114 Å². The van der Waals surface area contributed by atoms with Gasteiger partial charge in [0.15, 0.2) is 0 Å². The second kappa shape index (κ2) is 10.8. The predicted octanol–water partition coefficient (Wildman–Crippen LogP) is 7.45. The lowest BCUT2D eigenvalue weighted by Crippen LogP contribution is -2.17. The molecule has 0 aliphatic heterocycles. The molecule has 4 nitrogen and oxygen atoms in total. The van der Waals surface area contributed by atoms with Gasteiger partial charge < -0.3 is 14.2 Å². The fourth-order valence-electron chi connectivity index (χ4n) is 3.37. The van der Waals surface area contributed by atoms with Crippen molar-refractivity contribution in [2.24, 2.45) is 0 Å². The number of pyridine rings is 1. The Hall–Kier alpha value is -4.26. The van der Waals surface area contributed by atoms with Gasteiger partial charge in [-0.15, -0.1) is 13.2 Å². The van der Waals surface area contributed by atoms with Crippen LogP contribution >= 0.6 is 0 Å². The van der Waals surface area contributed by atoms with Gasteiger partial charge in [-0.2, -0.15) is 4.98 Å². The molecule has 178 valence electrons. The number of ether oxygens (including phenoxy) is 3. The monoisotopic (exact) mass is 477 g/mol. The maximum atomic E-state index is 12.9. The van der Waals surface area contributed by atoms with Gasteiger partial charge in [0.05, 0.1) is 0 Å². The molecule has 35 heavy (non-hydrogen) atoms. The van der Waals surface area contributed by atoms with Crippen LogP contribution in [0.25, 0.3) is 17.2 Å². The third kappa shape index (κ3) is 6.63. The van der Waals surface area contributed by atoms with Gasteiger partial charge in [0, 0.05) is 17.2 Å². The Morgan fingerprint density at radius 3 is 2.00 bits per heavy atom. The fraction of sp³-hybridized carbons (Fsp3) is 0.107. The lowest BCUT2D eigenvalue weighted by Gasteiger charge is -2.16. The maximum Gasteiger partial charge on any atom is 0.573 e. The van der Waals surface area contributed by atoms with Crippen LogP contribution < -0.4 is 14.2 Å². The number of alkyl halides is 3. The topological polar surface area (TPSA) is 40.6 Å². The molecule has 0 atom stereocenters. The summed E-state index contributed by atoms with van der Waals surface area (Å²) >= 11 is 0. The standard InChI is InChI=1S/C28H22F3NO3/c1-2-22-13-14-23(17-25(22)35-28(29,30)31)24-15-16-26(33-18-20-9-5-3-6-10-20)32-27(24)34-19-21-11-7-4-8-12-21/h2-17H,1,18-19H2. The number of rotatable bonds is 9. The fourth-order valence-corrected chi connectivity index (χ4v) is 3.37. The van der Waals surface area contributed by atoms with Gasteiger partial charge in [-0.25, -0.2) is 0 Å². The Bertz CT molecular complexity index is 1280. The number of nitrogens with zero attached hydrogens (tertiary/aromatic N) is 1. The van der Waals surface area contributed by atoms with Crippen molar-refractivity contribution < 1.29 is 27.4 Å². The van der Waals surface area contributed by atoms with Gasteiger partial charge in [0.2, 0.25) is 11.8 Å². The van der Waals surface area contributed by atoms with Crippen molar-refractivity contribution in [1.29, 1.82) is 0 Å². The highest BCUT2D eigenvalue weighted by molar-refractivity contribution is 5.73. The molecule has 0 fully saturated rings. The Kier molecular flexibility index (Phi) is 7.35. The third-order valence-corrected chi connectivity index (χ3v) is 5.05. The van der Waals surface area contributed by atoms with Crippen molar-refractivity contribution in [2.45, 2.75) is 19.6 Å². The molecule has 4 rings (SSSR count). The molecule has 0 aliphatic rings. The molecular weight excluding hydrogens is 455 g/mol. The van der Waals surface area contributed by atoms with Crippen LogP contribution in [0.2, 0.25) is 0 Å². The third-order valence-electron chi connectivity index (χ3n) is 5.05. The molecule has 0 N–H and O–H groups in total. The summed E-state index contributed by atoms with van der Waals surface area (Å²) in [6.45, 7) is 4.09. The molecule has 0 spiro atoms. The Morgan fingerprint density at radius 1 is 0.771 bits per heavy atom. The van der Waals surface area contributed by atoms with Crippen LogP contribution in [-0.4, -0.2) is 11.3 Å². The van der Waals surface area contributed by atoms with Crippen molar-refractivity contribution in [3.8, 4) is 28.6 Å². The first kappa shape index (κ1) is 23.9. The highest BCUT2D eigenvalue weighted by atomic mass is 19.4. The SMILES string of the molecule is C=Cc1ccc(-c2ccc(OCc3ccccc3)nc2OCc2ccccc2)cc1OC(F)(F)F. The molecule has 0 saturated heterocycles. The summed E-state index contributed by atoms with van der Waals surface area (Å²) in [6, 6.07) is 26.9. The van der Waals surface area contributed by atoms with Crippen LogP contribution in [0, 0.1) is 0 Å². The first-order valence-electron chi connectivity index (χ1n) is 10.8. The van der Waals surface area contributed by atoms with E-state index in [-0.39, 0.29) is 23.8 Å². The molecule has 4 aromatic rings. The zero-order valence-electron chi connectivity index (χ0n) is 18.7. The van der Waals surface area contributed by atoms with E-state index in [4.69, 9.17) is 9.47 Å². The van der Waals surface area contributed by atoms with E-state index in [0.29, 0.717) is 23.6 Å². The number of aromatic nitrogens is 1. The average molecular weight is 477 g/mol. The molecular formula is C28H22F3NO3. The van der Waals surface area contributed by atoms with Crippen molar-refractivity contribution >= 4 is 6.08 Å². The van der Waals surface area contributed by atoms with Crippen LogP contribution in [0.3, 0.4) is 0 Å². The maximum absolute atomic E-state index is 12.9. The van der Waals surface area contributed by atoms with E-state index in [1.54, 1.807) is 18.2 Å². The molecule has 0 unspecified atom stereocenters. The minimum atomic E-state index is -4.84. The Labute approximate surface area is 201 Å². The van der Waals surface area contributed by atoms with E-state index >= 15 is 0 Å². The molecule has 1 heterocycles. The minimum absolute atomic E-state index is 0.216. The summed E-state index contributed by atoms with van der Waals surface area (Å²) in [5.41, 5.74) is 3.04. The minimum Gasteiger partial charge on any atom is -0.473 e. The lowest BCUT2D eigenvalue weighted by molar-refractivity contribution is -0.274. The zero-order valence-corrected chi connectivity index (χ0v) is 18.7. The summed E-state index contributed by atoms with van der Waals surface area (Å²) in [6.07, 6.45) is -3.53. The van der Waals surface area contributed by atoms with Crippen molar-refractivity contribution in [1.82, 2.24) is 4.98 Å². The van der Waals surface area contributed by atoms with Crippen molar-refractivity contribution in [3.63, 3.8) is 0 Å². The normalized spacial score (nSPS) is 11.1. The number of benzene rings is 3. The van der Waals surface area contributed by atoms with E-state index in [9.17, 15) is 13.2 Å². The average Bonchev–Trinajstić information content (AvgIpc) is 2.86. The summed E-state index contributed by atoms with van der Waals surface area (Å²) in [5.74, 6) is 0.197. The second-order valence-electron chi connectivity index (χ2n) is 7.56. The first-order chi connectivity index (χ1) is 16.9. The molecule has 0 saturated carbocycles. The van der Waals surface area contributed by atoms with E-state index < -0.39 is 6.36 Å². The summed E-state index contributed by atoms with van der Waals surface area (Å²) in [4.78, 5) is 4.50. The largest absolute Gasteiger partial charge is 0.573 e. The molecule has 0 bridgehead atoms. The van der Waals surface area contributed by atoms with Crippen LogP contribution in [0.4, 0.5) is 13.2 Å². The van der Waals surface area contributed by atoms with Gasteiger partial charge in [-0.05, 0) is 28.8 Å². The van der Waals surface area contributed by atoms with Crippen LogP contribution in [-0.2, 0) is 13.2 Å². The molecule has 0 radical (unpaired) electrons. The Balaban J connectivity index is 1.66. The van der Waals surface area contributed by atoms with Gasteiger partial charge in [0.1, 0.15) is 19.0 Å². The van der Waals surface area contributed by atoms with E-state index in [0.717, 1.165) is 11.1 Å². The molecule has 7 heteroatoms. The molecule has 1 aromatic heterocycles. The van der Waals surface area contributed by atoms with Gasteiger partial charge in [-0.3, -0.25) is 0 Å². The second-order valence-corrected chi connectivity index (χ2v) is 7.56. The smallest absolute Gasteiger partial charge is 0.473 e. The molecule has 3 aromatic carbocycles. The predicted molar refractivity (Wildman–Crippen MR) is 128 cm³/mol. The summed E-state index contributed by atoms with van der Waals surface area (Å²) < 4.78 is 54.9. The van der Waals surface area contributed by atoms with Gasteiger partial charge in [0.25, 0.3) is 0 Å². The summed E-state index contributed by atoms with van der Waals surface area (Å²) in [5, 5.41) is 0. The number of halogens is 3. The Morgan fingerprint density at radius 2 is 1.40 bits per heavy atom. The van der Waals surface area contributed by atoms with Crippen LogP contribution in [0.5, 0.6) is 17.5 Å². The van der Waals surface area contributed by atoms with Crippen molar-refractivity contribution in [2.75, 3.05) is 0 Å². The number of hydrogen-bond donors (Lipinski definition) is 0. The van der Waals surface area contributed by atoms with E-state index in [1.807, 2.05) is 60.7 Å². The van der Waals surface area contributed by atoms with Gasteiger partial charge >= 0.3 is 6.36 Å². The summed E-state index contributed by atoms with van der Waals surface area (Å²) in [7, 11) is 0. The number of hydrogen-bond acceptors (Lipinski definition) is 4. The van der Waals surface area contributed by atoms with E-state index in [1.165, 1.54) is 18.2 Å². The highest BCUT2D eigenvalue weighted by Gasteiger charge is 2.32. The lowest BCUT2D eigenvalue weighted by atomic mass is 10.0. The van der Waals surface area contributed by atoms with Crippen LogP contribution in [0.1, 0.15) is 16.7 Å². The first-order valence-corrected chi connectivity index (χ1v) is 10.8. The zero-order chi connectivity index (χ0) is 24.7. The van der Waals surface area contributed by atoms with E-state index in [2.05, 4.69) is 16.3 Å². The highest BCUT2D eigenvalue weighted by Crippen LogP contribution is 2.36. The van der Waals surface area contributed by atoms with Gasteiger partial charge in [-0.1, -0.05) is 85.5 Å². The van der Waals surface area contributed by atoms with Crippen LogP contribution in [0.15, 0.2) is 97.6 Å². The quantitative estimate of drug-likeness (QED) is 0.251. The molecule has 0 aliphatic carbocycles. The molecule has 0 amide bonds.